The third-order valence-electron chi connectivity index (χ3n) is 2.56. The summed E-state index contributed by atoms with van der Waals surface area (Å²) in [5.74, 6) is -0.476. The standard InChI is InChI=1S/C13H16ClF4NO/c1-2-19-11(7-20-8-13(16,17)18)5-9-3-4-10(14)6-12(9)15/h3-4,6,11,19H,2,5,7-8H2,1H3. The highest BCUT2D eigenvalue weighted by atomic mass is 35.5. The number of hydrogen-bond donors (Lipinski definition) is 1. The van der Waals surface area contributed by atoms with Crippen molar-refractivity contribution in [2.24, 2.45) is 0 Å². The Bertz CT molecular complexity index is 425. The van der Waals surface area contributed by atoms with Crippen LogP contribution >= 0.6 is 11.6 Å². The summed E-state index contributed by atoms with van der Waals surface area (Å²) < 4.78 is 54.3. The van der Waals surface area contributed by atoms with E-state index in [1.807, 2.05) is 6.92 Å². The van der Waals surface area contributed by atoms with Gasteiger partial charge in [0.05, 0.1) is 6.61 Å². The highest BCUT2D eigenvalue weighted by Crippen LogP contribution is 2.17. The maximum Gasteiger partial charge on any atom is 0.411 e. The maximum atomic E-state index is 13.6. The van der Waals surface area contributed by atoms with Gasteiger partial charge < -0.3 is 10.1 Å². The number of hydrogen-bond acceptors (Lipinski definition) is 2. The molecule has 0 heterocycles. The van der Waals surface area contributed by atoms with Gasteiger partial charge in [0.15, 0.2) is 0 Å². The molecule has 1 aromatic rings. The van der Waals surface area contributed by atoms with Crippen molar-refractivity contribution in [3.05, 3.63) is 34.6 Å². The first-order chi connectivity index (χ1) is 9.31. The Labute approximate surface area is 120 Å². The molecule has 114 valence electrons. The van der Waals surface area contributed by atoms with Gasteiger partial charge in [-0.2, -0.15) is 13.2 Å². The quantitative estimate of drug-likeness (QED) is 0.777. The van der Waals surface area contributed by atoms with Crippen molar-refractivity contribution in [3.8, 4) is 0 Å². The number of nitrogens with one attached hydrogen (secondary N) is 1. The normalized spacial score (nSPS) is 13.5. The molecule has 20 heavy (non-hydrogen) atoms. The Morgan fingerprint density at radius 1 is 1.35 bits per heavy atom. The van der Waals surface area contributed by atoms with Gasteiger partial charge in [-0.1, -0.05) is 24.6 Å². The van der Waals surface area contributed by atoms with Crippen LogP contribution in [0.4, 0.5) is 17.6 Å². The molecule has 0 saturated carbocycles. The van der Waals surface area contributed by atoms with E-state index in [9.17, 15) is 17.6 Å². The molecule has 7 heteroatoms. The van der Waals surface area contributed by atoms with Crippen molar-refractivity contribution in [1.29, 1.82) is 0 Å². The smallest absolute Gasteiger partial charge is 0.370 e. The first-order valence-corrected chi connectivity index (χ1v) is 6.51. The van der Waals surface area contributed by atoms with Gasteiger partial charge in [0.1, 0.15) is 12.4 Å². The fourth-order valence-electron chi connectivity index (χ4n) is 1.75. The predicted molar refractivity (Wildman–Crippen MR) is 69.5 cm³/mol. The molecule has 0 aromatic heterocycles. The lowest BCUT2D eigenvalue weighted by Crippen LogP contribution is -2.36. The molecule has 0 aliphatic carbocycles. The topological polar surface area (TPSA) is 21.3 Å². The van der Waals surface area contributed by atoms with E-state index in [-0.39, 0.29) is 18.1 Å². The van der Waals surface area contributed by atoms with Gasteiger partial charge in [-0.3, -0.25) is 0 Å². The highest BCUT2D eigenvalue weighted by molar-refractivity contribution is 6.30. The van der Waals surface area contributed by atoms with Crippen LogP contribution in [0.15, 0.2) is 18.2 Å². The summed E-state index contributed by atoms with van der Waals surface area (Å²) in [6.07, 6.45) is -4.13. The Morgan fingerprint density at radius 3 is 2.60 bits per heavy atom. The molecular formula is C13H16ClF4NO. The Morgan fingerprint density at radius 2 is 2.05 bits per heavy atom. The molecule has 1 atom stereocenters. The summed E-state index contributed by atoms with van der Waals surface area (Å²) in [4.78, 5) is 0. The van der Waals surface area contributed by atoms with Crippen LogP contribution in [0.2, 0.25) is 5.02 Å². The Hall–Kier alpha value is -0.850. The molecule has 0 radical (unpaired) electrons. The molecule has 1 N–H and O–H groups in total. The lowest BCUT2D eigenvalue weighted by Gasteiger charge is -2.19. The summed E-state index contributed by atoms with van der Waals surface area (Å²) in [7, 11) is 0. The molecule has 2 nitrogen and oxygen atoms in total. The van der Waals surface area contributed by atoms with Crippen LogP contribution in [0, 0.1) is 5.82 Å². The van der Waals surface area contributed by atoms with Gasteiger partial charge in [-0.25, -0.2) is 4.39 Å². The lowest BCUT2D eigenvalue weighted by molar-refractivity contribution is -0.175. The maximum absolute atomic E-state index is 13.6. The van der Waals surface area contributed by atoms with Crippen LogP contribution in [-0.4, -0.2) is 32.0 Å². The molecule has 0 aliphatic heterocycles. The van der Waals surface area contributed by atoms with Crippen LogP contribution in [0.5, 0.6) is 0 Å². The molecule has 1 rings (SSSR count). The van der Waals surface area contributed by atoms with E-state index >= 15 is 0 Å². The zero-order valence-electron chi connectivity index (χ0n) is 10.9. The molecule has 1 unspecified atom stereocenters. The van der Waals surface area contributed by atoms with E-state index in [1.165, 1.54) is 12.1 Å². The summed E-state index contributed by atoms with van der Waals surface area (Å²) in [6, 6.07) is 3.85. The van der Waals surface area contributed by atoms with Crippen molar-refractivity contribution >= 4 is 11.6 Å². The zero-order chi connectivity index (χ0) is 15.2. The summed E-state index contributed by atoms with van der Waals surface area (Å²) >= 11 is 5.64. The van der Waals surface area contributed by atoms with Crippen LogP contribution < -0.4 is 5.32 Å². The van der Waals surface area contributed by atoms with E-state index in [4.69, 9.17) is 11.6 Å². The third-order valence-corrected chi connectivity index (χ3v) is 2.79. The molecule has 0 aliphatic rings. The lowest BCUT2D eigenvalue weighted by atomic mass is 10.1. The van der Waals surface area contributed by atoms with E-state index in [0.29, 0.717) is 12.1 Å². The van der Waals surface area contributed by atoms with E-state index < -0.39 is 24.6 Å². The van der Waals surface area contributed by atoms with Crippen LogP contribution in [-0.2, 0) is 11.2 Å². The highest BCUT2D eigenvalue weighted by Gasteiger charge is 2.28. The molecule has 0 saturated heterocycles. The first kappa shape index (κ1) is 17.2. The average molecular weight is 314 g/mol. The van der Waals surface area contributed by atoms with Gasteiger partial charge in [-0.15, -0.1) is 0 Å². The van der Waals surface area contributed by atoms with Crippen LogP contribution in [0.3, 0.4) is 0 Å². The fourth-order valence-corrected chi connectivity index (χ4v) is 1.91. The average Bonchev–Trinajstić information content (AvgIpc) is 2.31. The van der Waals surface area contributed by atoms with Crippen molar-refractivity contribution in [1.82, 2.24) is 5.32 Å². The monoisotopic (exact) mass is 313 g/mol. The predicted octanol–water partition coefficient (Wildman–Crippen LogP) is 3.58. The first-order valence-electron chi connectivity index (χ1n) is 6.13. The minimum Gasteiger partial charge on any atom is -0.370 e. The summed E-state index contributed by atoms with van der Waals surface area (Å²) in [5, 5.41) is 3.24. The second kappa shape index (κ2) is 7.81. The molecular weight excluding hydrogens is 298 g/mol. The van der Waals surface area contributed by atoms with Crippen LogP contribution in [0.25, 0.3) is 0 Å². The van der Waals surface area contributed by atoms with Gasteiger partial charge in [0.2, 0.25) is 0 Å². The number of likely N-dealkylation sites (N-methyl/N-ethyl adjacent to an activating group) is 1. The van der Waals surface area contributed by atoms with Gasteiger partial charge in [0, 0.05) is 11.1 Å². The third kappa shape index (κ3) is 6.54. The molecule has 0 amide bonds. The van der Waals surface area contributed by atoms with Crippen molar-refractivity contribution in [3.63, 3.8) is 0 Å². The fraction of sp³-hybridized carbons (Fsp3) is 0.538. The molecule has 0 fully saturated rings. The Balaban J connectivity index is 2.57. The molecule has 0 bridgehead atoms. The van der Waals surface area contributed by atoms with Crippen molar-refractivity contribution < 1.29 is 22.3 Å². The van der Waals surface area contributed by atoms with E-state index in [0.717, 1.165) is 0 Å². The molecule has 1 aromatic carbocycles. The number of ether oxygens (including phenoxy) is 1. The van der Waals surface area contributed by atoms with Gasteiger partial charge >= 0.3 is 6.18 Å². The van der Waals surface area contributed by atoms with Crippen molar-refractivity contribution in [2.75, 3.05) is 19.8 Å². The van der Waals surface area contributed by atoms with Crippen molar-refractivity contribution in [2.45, 2.75) is 25.6 Å². The second-order valence-corrected chi connectivity index (χ2v) is 4.76. The van der Waals surface area contributed by atoms with E-state index in [2.05, 4.69) is 10.1 Å². The van der Waals surface area contributed by atoms with E-state index in [1.54, 1.807) is 6.07 Å². The second-order valence-electron chi connectivity index (χ2n) is 4.32. The minimum absolute atomic E-state index is 0.143. The summed E-state index contributed by atoms with van der Waals surface area (Å²) in [6.45, 7) is 0.914. The Kier molecular flexibility index (Phi) is 6.71. The number of rotatable bonds is 7. The van der Waals surface area contributed by atoms with Gasteiger partial charge in [0.25, 0.3) is 0 Å². The van der Waals surface area contributed by atoms with Gasteiger partial charge in [-0.05, 0) is 30.7 Å². The SMILES string of the molecule is CCNC(COCC(F)(F)F)Cc1ccc(Cl)cc1F. The van der Waals surface area contributed by atoms with Crippen LogP contribution in [0.1, 0.15) is 12.5 Å². The molecule has 0 spiro atoms. The minimum atomic E-state index is -4.36. The zero-order valence-corrected chi connectivity index (χ0v) is 11.7. The largest absolute Gasteiger partial charge is 0.411 e. The number of halogens is 5. The number of benzene rings is 1. The number of alkyl halides is 3. The summed E-state index contributed by atoms with van der Waals surface area (Å²) in [5.41, 5.74) is 0.385.